The monoisotopic (exact) mass is 584 g/mol. The number of anilines is 5. The Balaban J connectivity index is 2.03. The van der Waals surface area contributed by atoms with E-state index in [0.717, 1.165) is 11.6 Å². The molecule has 3 N–H and O–H groups in total. The van der Waals surface area contributed by atoms with Crippen LogP contribution in [0.3, 0.4) is 0 Å². The number of hydrogen-bond donors (Lipinski definition) is 3. The van der Waals surface area contributed by atoms with Crippen LogP contribution in [0.4, 0.5) is 42.0 Å². The molecule has 2 aromatic heterocycles. The second-order valence-electron chi connectivity index (χ2n) is 6.95. The number of rotatable bonds is 8. The lowest BCUT2D eigenvalue weighted by Gasteiger charge is -2.18. The van der Waals surface area contributed by atoms with Gasteiger partial charge >= 0.3 is 6.18 Å². The molecule has 0 aliphatic carbocycles. The number of alkyl halides is 4. The minimum absolute atomic E-state index is 0.0765. The maximum Gasteiger partial charge on any atom is 0.421 e. The van der Waals surface area contributed by atoms with Gasteiger partial charge in [0, 0.05) is 22.9 Å². The molecule has 1 amide bonds. The molecule has 178 valence electrons. The van der Waals surface area contributed by atoms with E-state index < -0.39 is 23.5 Å². The average Bonchev–Trinajstić information content (AvgIpc) is 2.80. The lowest BCUT2D eigenvalue weighted by Crippen LogP contribution is -2.14. The van der Waals surface area contributed by atoms with E-state index in [4.69, 9.17) is 4.74 Å². The molecule has 0 saturated heterocycles. The van der Waals surface area contributed by atoms with Crippen LogP contribution in [-0.2, 0) is 15.4 Å². The lowest BCUT2D eigenvalue weighted by atomic mass is 10.1. The first-order valence-corrected chi connectivity index (χ1v) is 11.3. The van der Waals surface area contributed by atoms with Crippen molar-refractivity contribution in [2.75, 3.05) is 23.1 Å². The number of ether oxygens (including phenoxy) is 1. The Morgan fingerprint density at radius 2 is 1.91 bits per heavy atom. The summed E-state index contributed by atoms with van der Waals surface area (Å²) in [5.41, 5.74) is 1.54. The van der Waals surface area contributed by atoms with E-state index in [9.17, 15) is 18.0 Å². The summed E-state index contributed by atoms with van der Waals surface area (Å²) < 4.78 is 46.9. The minimum Gasteiger partial charge on any atom is -0.481 e. The fourth-order valence-electron chi connectivity index (χ4n) is 2.81. The van der Waals surface area contributed by atoms with Gasteiger partial charge in [0.2, 0.25) is 17.7 Å². The number of carbonyl (C=O) groups excluding carboxylic acids is 1. The van der Waals surface area contributed by atoms with Crippen molar-refractivity contribution < 1.29 is 22.7 Å². The summed E-state index contributed by atoms with van der Waals surface area (Å²) in [6.45, 7) is 5.17. The Morgan fingerprint density at radius 1 is 1.15 bits per heavy atom. The SMILES string of the molecule is C=CC(=O)Nc1cc(CI)ccc1Nc1nc(Nc2cc(OC)ncc2C)ncc1C(F)(F)F. The molecule has 0 fully saturated rings. The molecule has 3 aromatic rings. The first-order valence-electron chi connectivity index (χ1n) is 9.75. The molecule has 0 saturated carbocycles. The second-order valence-corrected chi connectivity index (χ2v) is 7.71. The van der Waals surface area contributed by atoms with Gasteiger partial charge in [-0.15, -0.1) is 0 Å². The van der Waals surface area contributed by atoms with Gasteiger partial charge in [-0.05, 0) is 36.3 Å². The number of nitrogens with zero attached hydrogens (tertiary/aromatic N) is 3. The zero-order valence-corrected chi connectivity index (χ0v) is 20.3. The number of carbonyl (C=O) groups is 1. The molecule has 8 nitrogen and oxygen atoms in total. The summed E-state index contributed by atoms with van der Waals surface area (Å²) in [4.78, 5) is 23.8. The highest BCUT2D eigenvalue weighted by Crippen LogP contribution is 2.37. The number of aryl methyl sites for hydroxylation is 1. The van der Waals surface area contributed by atoms with E-state index in [2.05, 4.69) is 60.1 Å². The zero-order chi connectivity index (χ0) is 24.9. The third-order valence-electron chi connectivity index (χ3n) is 4.56. The van der Waals surface area contributed by atoms with Gasteiger partial charge < -0.3 is 20.7 Å². The van der Waals surface area contributed by atoms with Crippen molar-refractivity contribution >= 4 is 57.3 Å². The van der Waals surface area contributed by atoms with Crippen LogP contribution in [0.5, 0.6) is 5.88 Å². The Kier molecular flexibility index (Phi) is 7.91. The number of aromatic nitrogens is 3. The number of nitrogens with one attached hydrogen (secondary N) is 3. The van der Waals surface area contributed by atoms with E-state index in [1.807, 2.05) is 0 Å². The van der Waals surface area contributed by atoms with Crippen LogP contribution in [0.25, 0.3) is 0 Å². The van der Waals surface area contributed by atoms with Gasteiger partial charge in [-0.2, -0.15) is 18.2 Å². The predicted octanol–water partition coefficient (Wildman–Crippen LogP) is 5.75. The summed E-state index contributed by atoms with van der Waals surface area (Å²) in [5.74, 6) is -0.749. The Morgan fingerprint density at radius 3 is 2.56 bits per heavy atom. The van der Waals surface area contributed by atoms with Crippen LogP contribution in [0, 0.1) is 6.92 Å². The van der Waals surface area contributed by atoms with E-state index in [1.54, 1.807) is 37.4 Å². The lowest BCUT2D eigenvalue weighted by molar-refractivity contribution is -0.137. The molecule has 3 rings (SSSR count). The quantitative estimate of drug-likeness (QED) is 0.176. The third-order valence-corrected chi connectivity index (χ3v) is 5.44. The topological polar surface area (TPSA) is 101 Å². The van der Waals surface area contributed by atoms with Crippen molar-refractivity contribution in [2.24, 2.45) is 0 Å². The van der Waals surface area contributed by atoms with Crippen LogP contribution in [0.1, 0.15) is 16.7 Å². The minimum atomic E-state index is -4.72. The van der Waals surface area contributed by atoms with Gasteiger partial charge in [0.15, 0.2) is 0 Å². The maximum atomic E-state index is 13.7. The average molecular weight is 584 g/mol. The zero-order valence-electron chi connectivity index (χ0n) is 18.1. The summed E-state index contributed by atoms with van der Waals surface area (Å²) in [5, 5.41) is 8.19. The van der Waals surface area contributed by atoms with Crippen LogP contribution < -0.4 is 20.7 Å². The molecule has 34 heavy (non-hydrogen) atoms. The molecular weight excluding hydrogens is 564 g/mol. The van der Waals surface area contributed by atoms with Gasteiger partial charge in [0.1, 0.15) is 11.4 Å². The first-order chi connectivity index (χ1) is 16.1. The molecule has 0 aliphatic rings. The van der Waals surface area contributed by atoms with Gasteiger partial charge in [0.25, 0.3) is 0 Å². The molecule has 2 heterocycles. The molecule has 0 unspecified atom stereocenters. The standard InChI is InChI=1S/C22H20F3IN6O2/c1-4-18(33)29-17-7-13(9-26)5-6-15(17)30-20-14(22(23,24)25)11-28-21(32-20)31-16-8-19(34-3)27-10-12(16)2/h4-8,10-11H,1,9H2,2-3H3,(H,29,33)(H2,27,28,30,31,32). The third kappa shape index (κ3) is 6.12. The number of pyridine rings is 1. The molecule has 0 bridgehead atoms. The summed E-state index contributed by atoms with van der Waals surface area (Å²) in [7, 11) is 1.45. The highest BCUT2D eigenvalue weighted by molar-refractivity contribution is 14.1. The largest absolute Gasteiger partial charge is 0.481 e. The van der Waals surface area contributed by atoms with E-state index >= 15 is 0 Å². The van der Waals surface area contributed by atoms with Crippen molar-refractivity contribution in [1.29, 1.82) is 0 Å². The van der Waals surface area contributed by atoms with Crippen LogP contribution in [0.2, 0.25) is 0 Å². The van der Waals surface area contributed by atoms with Crippen molar-refractivity contribution in [3.8, 4) is 5.88 Å². The Labute approximate surface area is 207 Å². The molecule has 0 aliphatic heterocycles. The number of amides is 1. The highest BCUT2D eigenvalue weighted by atomic mass is 127. The molecule has 0 radical (unpaired) electrons. The van der Waals surface area contributed by atoms with E-state index in [1.165, 1.54) is 7.11 Å². The fourth-order valence-corrected chi connectivity index (χ4v) is 3.29. The Bertz CT molecular complexity index is 1220. The molecule has 1 aromatic carbocycles. The van der Waals surface area contributed by atoms with Gasteiger partial charge in [0.05, 0.1) is 24.2 Å². The normalized spacial score (nSPS) is 11.0. The van der Waals surface area contributed by atoms with Gasteiger partial charge in [-0.25, -0.2) is 9.97 Å². The second kappa shape index (κ2) is 10.7. The van der Waals surface area contributed by atoms with Crippen molar-refractivity contribution in [1.82, 2.24) is 15.0 Å². The summed E-state index contributed by atoms with van der Waals surface area (Å²) in [6, 6.07) is 6.55. The number of halogens is 4. The van der Waals surface area contributed by atoms with Gasteiger partial charge in [-0.1, -0.05) is 35.2 Å². The Hall–Kier alpha value is -3.42. The number of hydrogen-bond acceptors (Lipinski definition) is 7. The van der Waals surface area contributed by atoms with E-state index in [0.29, 0.717) is 27.8 Å². The maximum absolute atomic E-state index is 13.7. The molecule has 0 spiro atoms. The molecular formula is C22H20F3IN6O2. The van der Waals surface area contributed by atoms with Crippen molar-refractivity contribution in [3.63, 3.8) is 0 Å². The van der Waals surface area contributed by atoms with Crippen LogP contribution >= 0.6 is 22.6 Å². The van der Waals surface area contributed by atoms with Crippen LogP contribution in [0.15, 0.2) is 49.3 Å². The van der Waals surface area contributed by atoms with Crippen molar-refractivity contribution in [3.05, 3.63) is 66.0 Å². The predicted molar refractivity (Wildman–Crippen MR) is 132 cm³/mol. The van der Waals surface area contributed by atoms with E-state index in [-0.39, 0.29) is 17.3 Å². The van der Waals surface area contributed by atoms with Crippen LogP contribution in [-0.4, -0.2) is 28.0 Å². The fraction of sp³-hybridized carbons (Fsp3) is 0.182. The summed E-state index contributed by atoms with van der Waals surface area (Å²) in [6.07, 6.45) is -1.41. The molecule has 0 atom stereocenters. The highest BCUT2D eigenvalue weighted by Gasteiger charge is 2.35. The first kappa shape index (κ1) is 25.2. The molecule has 12 heteroatoms. The smallest absolute Gasteiger partial charge is 0.421 e. The number of methoxy groups -OCH3 is 1. The summed E-state index contributed by atoms with van der Waals surface area (Å²) >= 11 is 2.14. The van der Waals surface area contributed by atoms with Crippen molar-refractivity contribution in [2.45, 2.75) is 17.5 Å². The number of benzene rings is 1. The van der Waals surface area contributed by atoms with Gasteiger partial charge in [-0.3, -0.25) is 4.79 Å².